The van der Waals surface area contributed by atoms with Crippen molar-refractivity contribution in [1.29, 1.82) is 0 Å². The van der Waals surface area contributed by atoms with E-state index >= 15 is 0 Å². The summed E-state index contributed by atoms with van der Waals surface area (Å²) in [5.41, 5.74) is 4.07. The number of aryl methyl sites for hydroxylation is 1. The number of hydrogen-bond acceptors (Lipinski definition) is 4. The van der Waals surface area contributed by atoms with E-state index in [9.17, 15) is 9.59 Å². The number of rotatable bonds is 6. The van der Waals surface area contributed by atoms with Crippen LogP contribution in [-0.4, -0.2) is 28.0 Å². The lowest BCUT2D eigenvalue weighted by atomic mass is 10.1. The number of anilines is 1. The molecule has 3 aromatic rings. The second-order valence-electron chi connectivity index (χ2n) is 6.85. The quantitative estimate of drug-likeness (QED) is 0.637. The molecule has 0 unspecified atom stereocenters. The molecule has 0 aliphatic rings. The standard InChI is InChI=1S/C23H25N3O3/c1-5-29-23(28)20-16(3)19(22(27)25-21-15(2)10-9-13-24-21)17(4)26(20)14-18-11-7-6-8-12-18/h6-13H,5,14H2,1-4H3,(H,24,25,27). The van der Waals surface area contributed by atoms with E-state index in [1.54, 1.807) is 20.0 Å². The Labute approximate surface area is 170 Å². The van der Waals surface area contributed by atoms with E-state index < -0.39 is 5.97 Å². The van der Waals surface area contributed by atoms with Gasteiger partial charge in [0, 0.05) is 18.4 Å². The summed E-state index contributed by atoms with van der Waals surface area (Å²) in [5, 5.41) is 2.87. The van der Waals surface area contributed by atoms with Crippen LogP contribution in [0.2, 0.25) is 0 Å². The minimum atomic E-state index is -0.433. The predicted octanol–water partition coefficient (Wildman–Crippen LogP) is 4.29. The molecule has 0 radical (unpaired) electrons. The first-order valence-corrected chi connectivity index (χ1v) is 9.57. The fourth-order valence-electron chi connectivity index (χ4n) is 3.44. The third kappa shape index (κ3) is 4.21. The molecule has 6 heteroatoms. The topological polar surface area (TPSA) is 73.2 Å². The highest BCUT2D eigenvalue weighted by Crippen LogP contribution is 2.26. The highest BCUT2D eigenvalue weighted by Gasteiger charge is 2.27. The van der Waals surface area contributed by atoms with Crippen molar-refractivity contribution in [3.63, 3.8) is 0 Å². The van der Waals surface area contributed by atoms with Crippen LogP contribution in [0.1, 0.15) is 50.2 Å². The van der Waals surface area contributed by atoms with Gasteiger partial charge in [0.25, 0.3) is 5.91 Å². The van der Waals surface area contributed by atoms with Gasteiger partial charge in [0.1, 0.15) is 11.5 Å². The van der Waals surface area contributed by atoms with Gasteiger partial charge in [-0.25, -0.2) is 9.78 Å². The molecule has 0 aliphatic carbocycles. The molecule has 2 heterocycles. The number of hydrogen-bond donors (Lipinski definition) is 1. The summed E-state index contributed by atoms with van der Waals surface area (Å²) in [6.07, 6.45) is 1.63. The van der Waals surface area contributed by atoms with Gasteiger partial charge in [-0.1, -0.05) is 36.4 Å². The van der Waals surface area contributed by atoms with E-state index in [1.807, 2.05) is 60.9 Å². The molecule has 2 aromatic heterocycles. The molecule has 150 valence electrons. The lowest BCUT2D eigenvalue weighted by Crippen LogP contribution is -2.16. The van der Waals surface area contributed by atoms with Crippen molar-refractivity contribution in [1.82, 2.24) is 9.55 Å². The van der Waals surface area contributed by atoms with Crippen molar-refractivity contribution >= 4 is 17.7 Å². The molecule has 29 heavy (non-hydrogen) atoms. The molecule has 0 aliphatic heterocycles. The van der Waals surface area contributed by atoms with Crippen molar-refractivity contribution in [2.45, 2.75) is 34.2 Å². The monoisotopic (exact) mass is 391 g/mol. The Balaban J connectivity index is 2.05. The van der Waals surface area contributed by atoms with Gasteiger partial charge in [-0.15, -0.1) is 0 Å². The summed E-state index contributed by atoms with van der Waals surface area (Å²) in [5.74, 6) is -0.221. The minimum absolute atomic E-state index is 0.266. The van der Waals surface area contributed by atoms with Crippen LogP contribution in [-0.2, 0) is 11.3 Å². The third-order valence-corrected chi connectivity index (χ3v) is 4.89. The predicted molar refractivity (Wildman–Crippen MR) is 112 cm³/mol. The molecule has 1 aromatic carbocycles. The molecule has 0 atom stereocenters. The summed E-state index contributed by atoms with van der Waals surface area (Å²) < 4.78 is 7.12. The van der Waals surface area contributed by atoms with E-state index in [1.165, 1.54) is 0 Å². The summed E-state index contributed by atoms with van der Waals surface area (Å²) in [7, 11) is 0. The zero-order valence-electron chi connectivity index (χ0n) is 17.2. The number of amides is 1. The van der Waals surface area contributed by atoms with E-state index in [2.05, 4.69) is 10.3 Å². The molecule has 1 amide bonds. The first kappa shape index (κ1) is 20.3. The molecule has 3 rings (SSSR count). The average molecular weight is 391 g/mol. The third-order valence-electron chi connectivity index (χ3n) is 4.89. The average Bonchev–Trinajstić information content (AvgIpc) is 2.94. The van der Waals surface area contributed by atoms with Gasteiger partial charge in [0.05, 0.1) is 12.2 Å². The van der Waals surface area contributed by atoms with Crippen molar-refractivity contribution in [3.8, 4) is 0 Å². The molecule has 0 saturated heterocycles. The first-order chi connectivity index (χ1) is 13.9. The van der Waals surface area contributed by atoms with Gasteiger partial charge >= 0.3 is 5.97 Å². The lowest BCUT2D eigenvalue weighted by Gasteiger charge is -2.12. The number of esters is 1. The fraction of sp³-hybridized carbons (Fsp3) is 0.261. The molecule has 1 N–H and O–H groups in total. The van der Waals surface area contributed by atoms with Gasteiger partial charge in [-0.05, 0) is 50.5 Å². The zero-order valence-corrected chi connectivity index (χ0v) is 17.2. The maximum atomic E-state index is 13.1. The van der Waals surface area contributed by atoms with Crippen molar-refractivity contribution in [2.75, 3.05) is 11.9 Å². The summed E-state index contributed by atoms with van der Waals surface area (Å²) in [6.45, 7) is 8.01. The van der Waals surface area contributed by atoms with Gasteiger partial charge in [-0.2, -0.15) is 0 Å². The summed E-state index contributed by atoms with van der Waals surface area (Å²) in [6, 6.07) is 13.5. The first-order valence-electron chi connectivity index (χ1n) is 9.57. The number of benzene rings is 1. The number of ether oxygens (including phenoxy) is 1. The van der Waals surface area contributed by atoms with E-state index in [4.69, 9.17) is 4.74 Å². The normalized spacial score (nSPS) is 10.6. The Morgan fingerprint density at radius 2 is 1.79 bits per heavy atom. The van der Waals surface area contributed by atoms with Crippen LogP contribution in [0.15, 0.2) is 48.7 Å². The molecule has 0 fully saturated rings. The zero-order chi connectivity index (χ0) is 21.0. The number of carbonyl (C=O) groups is 2. The smallest absolute Gasteiger partial charge is 0.355 e. The van der Waals surface area contributed by atoms with Crippen LogP contribution in [0.25, 0.3) is 0 Å². The van der Waals surface area contributed by atoms with E-state index in [0.29, 0.717) is 34.9 Å². The Bertz CT molecular complexity index is 1040. The van der Waals surface area contributed by atoms with Gasteiger partial charge < -0.3 is 14.6 Å². The van der Waals surface area contributed by atoms with Crippen LogP contribution >= 0.6 is 0 Å². The van der Waals surface area contributed by atoms with Crippen LogP contribution in [0.4, 0.5) is 5.82 Å². The second-order valence-corrected chi connectivity index (χ2v) is 6.85. The van der Waals surface area contributed by atoms with Gasteiger partial charge in [-0.3, -0.25) is 4.79 Å². The Morgan fingerprint density at radius 3 is 2.45 bits per heavy atom. The second kappa shape index (κ2) is 8.73. The Kier molecular flexibility index (Phi) is 6.12. The van der Waals surface area contributed by atoms with Crippen LogP contribution < -0.4 is 5.32 Å². The number of nitrogens with one attached hydrogen (secondary N) is 1. The SMILES string of the molecule is CCOC(=O)c1c(C)c(C(=O)Nc2ncccc2C)c(C)n1Cc1ccccc1. The largest absolute Gasteiger partial charge is 0.461 e. The summed E-state index contributed by atoms with van der Waals surface area (Å²) >= 11 is 0. The number of carbonyl (C=O) groups excluding carboxylic acids is 2. The molecular formula is C23H25N3O3. The van der Waals surface area contributed by atoms with Crippen molar-refractivity contribution in [3.05, 3.63) is 82.3 Å². The highest BCUT2D eigenvalue weighted by atomic mass is 16.5. The molecule has 0 spiro atoms. The lowest BCUT2D eigenvalue weighted by molar-refractivity contribution is 0.0513. The van der Waals surface area contributed by atoms with E-state index in [-0.39, 0.29) is 12.5 Å². The van der Waals surface area contributed by atoms with Crippen molar-refractivity contribution < 1.29 is 14.3 Å². The number of aromatic nitrogens is 2. The molecule has 0 saturated carbocycles. The molecule has 6 nitrogen and oxygen atoms in total. The highest BCUT2D eigenvalue weighted by molar-refractivity contribution is 6.08. The number of nitrogens with zero attached hydrogens (tertiary/aromatic N) is 2. The van der Waals surface area contributed by atoms with Crippen LogP contribution in [0, 0.1) is 20.8 Å². The molecule has 0 bridgehead atoms. The minimum Gasteiger partial charge on any atom is -0.461 e. The maximum absolute atomic E-state index is 13.1. The molecular weight excluding hydrogens is 366 g/mol. The van der Waals surface area contributed by atoms with Gasteiger partial charge in [0.2, 0.25) is 0 Å². The van der Waals surface area contributed by atoms with Gasteiger partial charge in [0.15, 0.2) is 0 Å². The summed E-state index contributed by atoms with van der Waals surface area (Å²) in [4.78, 5) is 30.0. The number of pyridine rings is 1. The Morgan fingerprint density at radius 1 is 1.07 bits per heavy atom. The Hall–Kier alpha value is -3.41. The maximum Gasteiger partial charge on any atom is 0.355 e. The van der Waals surface area contributed by atoms with Crippen molar-refractivity contribution in [2.24, 2.45) is 0 Å². The van der Waals surface area contributed by atoms with E-state index in [0.717, 1.165) is 11.1 Å². The van der Waals surface area contributed by atoms with Crippen LogP contribution in [0.5, 0.6) is 0 Å². The fourth-order valence-corrected chi connectivity index (χ4v) is 3.44. The van der Waals surface area contributed by atoms with Crippen LogP contribution in [0.3, 0.4) is 0 Å².